The van der Waals surface area contributed by atoms with Gasteiger partial charge in [-0.15, -0.1) is 11.6 Å². The van der Waals surface area contributed by atoms with Gasteiger partial charge in [0.05, 0.1) is 13.2 Å². The zero-order chi connectivity index (χ0) is 12.3. The number of hydrogen-bond donors (Lipinski definition) is 0. The molecule has 2 rings (SSSR count). The third kappa shape index (κ3) is 3.41. The largest absolute Gasteiger partial charge is 0.378 e. The van der Waals surface area contributed by atoms with Gasteiger partial charge in [0.1, 0.15) is 5.82 Å². The molecule has 5 heteroatoms. The topological polar surface area (TPSA) is 12.5 Å². The molecular formula is C12H14BrClFNO. The molecule has 1 aromatic rings. The van der Waals surface area contributed by atoms with Gasteiger partial charge in [-0.3, -0.25) is 4.90 Å². The van der Waals surface area contributed by atoms with E-state index in [1.54, 1.807) is 6.07 Å². The lowest BCUT2D eigenvalue weighted by Crippen LogP contribution is -2.45. The average molecular weight is 323 g/mol. The Morgan fingerprint density at radius 1 is 1.53 bits per heavy atom. The van der Waals surface area contributed by atoms with Gasteiger partial charge in [-0.25, -0.2) is 4.39 Å². The highest BCUT2D eigenvalue weighted by Gasteiger charge is 2.22. The van der Waals surface area contributed by atoms with Gasteiger partial charge in [-0.1, -0.05) is 22.0 Å². The fourth-order valence-corrected chi connectivity index (χ4v) is 2.67. The van der Waals surface area contributed by atoms with E-state index in [0.29, 0.717) is 12.5 Å². The van der Waals surface area contributed by atoms with E-state index in [9.17, 15) is 4.39 Å². The van der Waals surface area contributed by atoms with Crippen molar-refractivity contribution in [3.63, 3.8) is 0 Å². The predicted octanol–water partition coefficient (Wildman–Crippen LogP) is 3.03. The smallest absolute Gasteiger partial charge is 0.124 e. The Labute approximate surface area is 114 Å². The first-order valence-electron chi connectivity index (χ1n) is 5.52. The van der Waals surface area contributed by atoms with Crippen LogP contribution in [-0.4, -0.2) is 36.6 Å². The van der Waals surface area contributed by atoms with Crippen molar-refractivity contribution in [1.29, 1.82) is 0 Å². The number of nitrogens with zero attached hydrogens (tertiary/aromatic N) is 1. The van der Waals surface area contributed by atoms with Crippen molar-refractivity contribution < 1.29 is 9.13 Å². The minimum Gasteiger partial charge on any atom is -0.378 e. The zero-order valence-electron chi connectivity index (χ0n) is 9.33. The summed E-state index contributed by atoms with van der Waals surface area (Å²) in [6, 6.07) is 5.02. The van der Waals surface area contributed by atoms with Gasteiger partial charge < -0.3 is 4.74 Å². The molecule has 94 valence electrons. The molecule has 1 aromatic carbocycles. The van der Waals surface area contributed by atoms with E-state index >= 15 is 0 Å². The molecule has 1 heterocycles. The molecule has 0 N–H and O–H groups in total. The molecule has 0 aromatic heterocycles. The van der Waals surface area contributed by atoms with Crippen molar-refractivity contribution in [3.05, 3.63) is 34.1 Å². The van der Waals surface area contributed by atoms with Gasteiger partial charge in [0.25, 0.3) is 0 Å². The molecule has 0 aliphatic carbocycles. The maximum atomic E-state index is 13.0. The van der Waals surface area contributed by atoms with E-state index in [4.69, 9.17) is 16.3 Å². The van der Waals surface area contributed by atoms with Crippen LogP contribution in [0, 0.1) is 5.82 Å². The molecule has 0 spiro atoms. The summed E-state index contributed by atoms with van der Waals surface area (Å²) in [4.78, 5) is 2.27. The van der Waals surface area contributed by atoms with Gasteiger partial charge in [-0.05, 0) is 17.7 Å². The lowest BCUT2D eigenvalue weighted by Gasteiger charge is -2.34. The summed E-state index contributed by atoms with van der Waals surface area (Å²) in [7, 11) is 0. The lowest BCUT2D eigenvalue weighted by atomic mass is 10.1. The van der Waals surface area contributed by atoms with Crippen molar-refractivity contribution in [3.8, 4) is 0 Å². The second-order valence-corrected chi connectivity index (χ2v) is 5.25. The summed E-state index contributed by atoms with van der Waals surface area (Å²) >= 11 is 9.30. The van der Waals surface area contributed by atoms with E-state index in [-0.39, 0.29) is 11.9 Å². The molecule has 0 amide bonds. The minimum absolute atomic E-state index is 0.225. The molecule has 2 nitrogen and oxygen atoms in total. The number of hydrogen-bond acceptors (Lipinski definition) is 2. The van der Waals surface area contributed by atoms with Crippen molar-refractivity contribution in [1.82, 2.24) is 4.90 Å². The van der Waals surface area contributed by atoms with Crippen LogP contribution in [0.25, 0.3) is 0 Å². The Balaban J connectivity index is 2.08. The minimum atomic E-state index is -0.225. The molecule has 1 unspecified atom stereocenters. The Morgan fingerprint density at radius 2 is 2.35 bits per heavy atom. The number of halogens is 3. The number of morpholine rings is 1. The third-order valence-corrected chi connectivity index (χ3v) is 4.01. The van der Waals surface area contributed by atoms with Crippen LogP contribution in [0.1, 0.15) is 5.56 Å². The molecule has 17 heavy (non-hydrogen) atoms. The lowest BCUT2D eigenvalue weighted by molar-refractivity contribution is -0.00313. The maximum absolute atomic E-state index is 13.0. The molecule has 1 saturated heterocycles. The Bertz CT molecular complexity index is 391. The summed E-state index contributed by atoms with van der Waals surface area (Å²) in [6.07, 6.45) is 0. The van der Waals surface area contributed by atoms with Crippen LogP contribution in [0.2, 0.25) is 0 Å². The molecule has 1 aliphatic rings. The standard InChI is InChI=1S/C12H14BrClFNO/c13-12-5-10(15)2-1-9(12)7-16-3-4-17-8-11(16)6-14/h1-2,5,11H,3-4,6-8H2. The summed E-state index contributed by atoms with van der Waals surface area (Å²) in [5.41, 5.74) is 1.07. The summed E-state index contributed by atoms with van der Waals surface area (Å²) < 4.78 is 19.2. The number of alkyl halides is 1. The van der Waals surface area contributed by atoms with Crippen LogP contribution in [0.5, 0.6) is 0 Å². The number of rotatable bonds is 3. The quantitative estimate of drug-likeness (QED) is 0.793. The van der Waals surface area contributed by atoms with Gasteiger partial charge in [0.15, 0.2) is 0 Å². The molecule has 1 atom stereocenters. The van der Waals surface area contributed by atoms with E-state index in [2.05, 4.69) is 20.8 Å². The number of benzene rings is 1. The van der Waals surface area contributed by atoms with Gasteiger partial charge in [0.2, 0.25) is 0 Å². The summed E-state index contributed by atoms with van der Waals surface area (Å²) in [6.45, 7) is 3.03. The predicted molar refractivity (Wildman–Crippen MR) is 69.8 cm³/mol. The highest BCUT2D eigenvalue weighted by molar-refractivity contribution is 9.10. The first-order chi connectivity index (χ1) is 8.20. The molecule has 0 bridgehead atoms. The molecule has 0 saturated carbocycles. The molecule has 1 fully saturated rings. The zero-order valence-corrected chi connectivity index (χ0v) is 11.7. The Morgan fingerprint density at radius 3 is 3.06 bits per heavy atom. The van der Waals surface area contributed by atoms with Crippen LogP contribution in [0.15, 0.2) is 22.7 Å². The summed E-state index contributed by atoms with van der Waals surface area (Å²) in [5, 5.41) is 0. The van der Waals surface area contributed by atoms with Crippen molar-refractivity contribution >= 4 is 27.5 Å². The van der Waals surface area contributed by atoms with Crippen LogP contribution >= 0.6 is 27.5 Å². The van der Waals surface area contributed by atoms with Gasteiger partial charge in [0, 0.05) is 29.5 Å². The molecule has 1 aliphatic heterocycles. The second-order valence-electron chi connectivity index (χ2n) is 4.09. The fourth-order valence-electron chi connectivity index (χ4n) is 1.91. The van der Waals surface area contributed by atoms with Crippen LogP contribution in [0.3, 0.4) is 0 Å². The van der Waals surface area contributed by atoms with Crippen LogP contribution in [-0.2, 0) is 11.3 Å². The first-order valence-corrected chi connectivity index (χ1v) is 6.85. The van der Waals surface area contributed by atoms with E-state index in [1.807, 2.05) is 0 Å². The summed E-state index contributed by atoms with van der Waals surface area (Å²) in [5.74, 6) is 0.329. The molecular weight excluding hydrogens is 308 g/mol. The monoisotopic (exact) mass is 321 g/mol. The van der Waals surface area contributed by atoms with Crippen LogP contribution < -0.4 is 0 Å². The van der Waals surface area contributed by atoms with Crippen molar-refractivity contribution in [2.45, 2.75) is 12.6 Å². The van der Waals surface area contributed by atoms with Crippen molar-refractivity contribution in [2.24, 2.45) is 0 Å². The first kappa shape index (κ1) is 13.3. The highest BCUT2D eigenvalue weighted by Crippen LogP contribution is 2.21. The average Bonchev–Trinajstić information content (AvgIpc) is 2.33. The number of ether oxygens (including phenoxy) is 1. The van der Waals surface area contributed by atoms with E-state index < -0.39 is 0 Å². The van der Waals surface area contributed by atoms with E-state index in [0.717, 1.165) is 29.7 Å². The Kier molecular flexibility index (Phi) is 4.79. The molecule has 0 radical (unpaired) electrons. The SMILES string of the molecule is Fc1ccc(CN2CCOCC2CCl)c(Br)c1. The van der Waals surface area contributed by atoms with Crippen LogP contribution in [0.4, 0.5) is 4.39 Å². The normalized spacial score (nSPS) is 21.7. The highest BCUT2D eigenvalue weighted by atomic mass is 79.9. The van der Waals surface area contributed by atoms with E-state index in [1.165, 1.54) is 12.1 Å². The third-order valence-electron chi connectivity index (χ3n) is 2.92. The van der Waals surface area contributed by atoms with Gasteiger partial charge in [-0.2, -0.15) is 0 Å². The van der Waals surface area contributed by atoms with Crippen molar-refractivity contribution in [2.75, 3.05) is 25.6 Å². The second kappa shape index (κ2) is 6.14. The fraction of sp³-hybridized carbons (Fsp3) is 0.500. The Hall–Kier alpha value is -0.160. The van der Waals surface area contributed by atoms with Gasteiger partial charge >= 0.3 is 0 Å². The maximum Gasteiger partial charge on any atom is 0.124 e.